The van der Waals surface area contributed by atoms with Gasteiger partial charge in [0.2, 0.25) is 0 Å². The SMILES string of the molecule is CCOC(=O)C(=C=O)CCC(=O)O. The van der Waals surface area contributed by atoms with Gasteiger partial charge in [0.1, 0.15) is 11.5 Å². The highest BCUT2D eigenvalue weighted by Crippen LogP contribution is 2.03. The number of hydrogen-bond acceptors (Lipinski definition) is 4. The molecule has 0 heterocycles. The van der Waals surface area contributed by atoms with E-state index in [9.17, 15) is 14.4 Å². The number of rotatable bonds is 5. The third-order valence-corrected chi connectivity index (χ3v) is 1.23. The van der Waals surface area contributed by atoms with E-state index in [-0.39, 0.29) is 25.0 Å². The van der Waals surface area contributed by atoms with Crippen LogP contribution in [0.2, 0.25) is 0 Å². The number of aliphatic carboxylic acids is 1. The lowest BCUT2D eigenvalue weighted by Crippen LogP contribution is -2.09. The molecule has 0 aromatic heterocycles. The molecule has 72 valence electrons. The predicted molar refractivity (Wildman–Crippen MR) is 42.7 cm³/mol. The van der Waals surface area contributed by atoms with E-state index < -0.39 is 11.9 Å². The van der Waals surface area contributed by atoms with Crippen molar-refractivity contribution in [2.24, 2.45) is 0 Å². The lowest BCUT2D eigenvalue weighted by Gasteiger charge is -2.00. The predicted octanol–water partition coefficient (Wildman–Crippen LogP) is 0.172. The van der Waals surface area contributed by atoms with Crippen molar-refractivity contribution in [1.29, 1.82) is 0 Å². The molecule has 5 heteroatoms. The molecule has 13 heavy (non-hydrogen) atoms. The van der Waals surface area contributed by atoms with Gasteiger partial charge in [-0.25, -0.2) is 9.59 Å². The van der Waals surface area contributed by atoms with Crippen LogP contribution in [-0.2, 0) is 19.1 Å². The zero-order chi connectivity index (χ0) is 10.3. The molecule has 0 aliphatic carbocycles. The monoisotopic (exact) mass is 186 g/mol. The number of carbonyl (C=O) groups is 2. The quantitative estimate of drug-likeness (QED) is 0.376. The van der Waals surface area contributed by atoms with Gasteiger partial charge in [-0.2, -0.15) is 0 Å². The van der Waals surface area contributed by atoms with Crippen LogP contribution in [0.15, 0.2) is 5.57 Å². The first-order valence-corrected chi connectivity index (χ1v) is 3.74. The Morgan fingerprint density at radius 3 is 2.38 bits per heavy atom. The van der Waals surface area contributed by atoms with Crippen molar-refractivity contribution in [3.05, 3.63) is 5.57 Å². The van der Waals surface area contributed by atoms with Crippen LogP contribution in [0.3, 0.4) is 0 Å². The first-order chi connectivity index (χ1) is 6.11. The highest BCUT2D eigenvalue weighted by atomic mass is 16.5. The first kappa shape index (κ1) is 11.4. The number of ether oxygens (including phenoxy) is 1. The summed E-state index contributed by atoms with van der Waals surface area (Å²) in [6.45, 7) is 1.74. The molecule has 5 nitrogen and oxygen atoms in total. The lowest BCUT2D eigenvalue weighted by molar-refractivity contribution is -0.138. The van der Waals surface area contributed by atoms with E-state index in [0.717, 1.165) is 0 Å². The summed E-state index contributed by atoms with van der Waals surface area (Å²) in [7, 11) is 0. The van der Waals surface area contributed by atoms with E-state index in [1.54, 1.807) is 6.92 Å². The Morgan fingerprint density at radius 1 is 1.38 bits per heavy atom. The molecule has 0 fully saturated rings. The third-order valence-electron chi connectivity index (χ3n) is 1.23. The minimum absolute atomic E-state index is 0.141. The zero-order valence-electron chi connectivity index (χ0n) is 7.20. The summed E-state index contributed by atoms with van der Waals surface area (Å²) < 4.78 is 4.50. The van der Waals surface area contributed by atoms with Crippen molar-refractivity contribution in [2.75, 3.05) is 6.61 Å². The molecule has 0 saturated heterocycles. The van der Waals surface area contributed by atoms with E-state index in [4.69, 9.17) is 5.11 Å². The summed E-state index contributed by atoms with van der Waals surface area (Å²) in [5, 5.41) is 8.27. The summed E-state index contributed by atoms with van der Waals surface area (Å²) in [6, 6.07) is 0. The van der Waals surface area contributed by atoms with Gasteiger partial charge in [0, 0.05) is 6.42 Å². The second kappa shape index (κ2) is 5.97. The van der Waals surface area contributed by atoms with Crippen LogP contribution in [0.4, 0.5) is 0 Å². The summed E-state index contributed by atoms with van der Waals surface area (Å²) >= 11 is 0. The second-order valence-electron chi connectivity index (χ2n) is 2.19. The van der Waals surface area contributed by atoms with E-state index in [0.29, 0.717) is 0 Å². The molecule has 1 N–H and O–H groups in total. The Labute approximate surface area is 75.0 Å². The molecule has 0 aromatic carbocycles. The summed E-state index contributed by atoms with van der Waals surface area (Å²) in [6.07, 6.45) is -0.416. The molecule has 0 saturated carbocycles. The Kier molecular flexibility index (Phi) is 5.23. The van der Waals surface area contributed by atoms with Gasteiger partial charge in [-0.05, 0) is 6.92 Å². The van der Waals surface area contributed by atoms with Crippen LogP contribution in [0.1, 0.15) is 19.8 Å². The molecule has 0 atom stereocenters. The maximum atomic E-state index is 10.9. The normalized spacial score (nSPS) is 8.69. The third kappa shape index (κ3) is 4.76. The fourth-order valence-electron chi connectivity index (χ4n) is 0.645. The van der Waals surface area contributed by atoms with Crippen molar-refractivity contribution in [3.8, 4) is 0 Å². The average molecular weight is 186 g/mol. The van der Waals surface area contributed by atoms with Crippen LogP contribution < -0.4 is 0 Å². The number of carboxylic acid groups (broad SMARTS) is 1. The van der Waals surface area contributed by atoms with Gasteiger partial charge < -0.3 is 9.84 Å². The lowest BCUT2D eigenvalue weighted by atomic mass is 10.1. The Morgan fingerprint density at radius 2 is 2.00 bits per heavy atom. The highest BCUT2D eigenvalue weighted by Gasteiger charge is 2.12. The molecule has 0 spiro atoms. The molecule has 0 aliphatic heterocycles. The minimum Gasteiger partial charge on any atom is -0.481 e. The number of hydrogen-bond donors (Lipinski definition) is 1. The molecule has 0 unspecified atom stereocenters. The molecule has 0 amide bonds. The molecular formula is C8H10O5. The largest absolute Gasteiger partial charge is 0.481 e. The van der Waals surface area contributed by atoms with Gasteiger partial charge in [0.15, 0.2) is 0 Å². The maximum Gasteiger partial charge on any atom is 0.345 e. The van der Waals surface area contributed by atoms with E-state index in [1.165, 1.54) is 5.94 Å². The Hall–Kier alpha value is -1.61. The van der Waals surface area contributed by atoms with Gasteiger partial charge in [0.05, 0.1) is 13.0 Å². The van der Waals surface area contributed by atoms with Crippen molar-refractivity contribution in [3.63, 3.8) is 0 Å². The van der Waals surface area contributed by atoms with Crippen molar-refractivity contribution in [2.45, 2.75) is 19.8 Å². The van der Waals surface area contributed by atoms with Gasteiger partial charge >= 0.3 is 11.9 Å². The van der Waals surface area contributed by atoms with Crippen LogP contribution in [0.25, 0.3) is 0 Å². The first-order valence-electron chi connectivity index (χ1n) is 3.74. The van der Waals surface area contributed by atoms with Crippen LogP contribution >= 0.6 is 0 Å². The van der Waals surface area contributed by atoms with E-state index in [2.05, 4.69) is 4.74 Å². The zero-order valence-corrected chi connectivity index (χ0v) is 7.20. The molecule has 0 bridgehead atoms. The van der Waals surface area contributed by atoms with Crippen LogP contribution in [-0.4, -0.2) is 29.6 Å². The maximum absolute atomic E-state index is 10.9. The average Bonchev–Trinajstić information content (AvgIpc) is 2.05. The number of carboxylic acids is 1. The van der Waals surface area contributed by atoms with Crippen LogP contribution in [0.5, 0.6) is 0 Å². The van der Waals surface area contributed by atoms with Crippen molar-refractivity contribution in [1.82, 2.24) is 0 Å². The fourth-order valence-corrected chi connectivity index (χ4v) is 0.645. The number of carbonyl (C=O) groups excluding carboxylic acids is 2. The van der Waals surface area contributed by atoms with E-state index >= 15 is 0 Å². The molecule has 0 aromatic rings. The number of esters is 1. The molecular weight excluding hydrogens is 176 g/mol. The van der Waals surface area contributed by atoms with Crippen LogP contribution in [0, 0.1) is 0 Å². The molecule has 0 aliphatic rings. The molecule has 0 rings (SSSR count). The smallest absolute Gasteiger partial charge is 0.345 e. The van der Waals surface area contributed by atoms with Gasteiger partial charge in [0.25, 0.3) is 0 Å². The van der Waals surface area contributed by atoms with Crippen molar-refractivity contribution < 1.29 is 24.2 Å². The van der Waals surface area contributed by atoms with Gasteiger partial charge in [-0.3, -0.25) is 4.79 Å². The Bertz CT molecular complexity index is 249. The standard InChI is InChI=1S/C8H10O5/c1-2-13-8(12)6(5-9)3-4-7(10)11/h2-4H2,1H3,(H,10,11). The summed E-state index contributed by atoms with van der Waals surface area (Å²) in [5.74, 6) is -0.494. The Balaban J connectivity index is 4.13. The summed E-state index contributed by atoms with van der Waals surface area (Å²) in [4.78, 5) is 31.2. The minimum atomic E-state index is -1.07. The van der Waals surface area contributed by atoms with Crippen molar-refractivity contribution >= 4 is 17.9 Å². The second-order valence-corrected chi connectivity index (χ2v) is 2.19. The topological polar surface area (TPSA) is 80.7 Å². The van der Waals surface area contributed by atoms with E-state index in [1.807, 2.05) is 0 Å². The summed E-state index contributed by atoms with van der Waals surface area (Å²) in [5.41, 5.74) is -0.260. The van der Waals surface area contributed by atoms with Gasteiger partial charge in [-0.15, -0.1) is 0 Å². The molecule has 0 radical (unpaired) electrons. The highest BCUT2D eigenvalue weighted by molar-refractivity contribution is 5.97. The fraction of sp³-hybridized carbons (Fsp3) is 0.500. The van der Waals surface area contributed by atoms with Gasteiger partial charge in [-0.1, -0.05) is 0 Å².